The van der Waals surface area contributed by atoms with Crippen LogP contribution in [0.1, 0.15) is 52.9 Å². The van der Waals surface area contributed by atoms with E-state index < -0.39 is 8.24 Å². The fourth-order valence-corrected chi connectivity index (χ4v) is 9.95. The minimum absolute atomic E-state index is 0. The molecule has 2 aliphatic carbocycles. The maximum atomic E-state index is 5.36. The Bertz CT molecular complexity index is 337. The van der Waals surface area contributed by atoms with Crippen molar-refractivity contribution in [2.45, 2.75) is 83.1 Å². The summed E-state index contributed by atoms with van der Waals surface area (Å²) < 4.78 is 0. The van der Waals surface area contributed by atoms with Crippen molar-refractivity contribution in [2.24, 2.45) is 11.8 Å². The van der Waals surface area contributed by atoms with Crippen LogP contribution >= 0.6 is 0 Å². The molecule has 0 spiro atoms. The second kappa shape index (κ2) is 10.9. The van der Waals surface area contributed by atoms with Crippen molar-refractivity contribution < 1.29 is 21.7 Å². The molecule has 4 heteroatoms. The molecule has 0 saturated heterocycles. The Kier molecular flexibility index (Phi) is 13.4. The Labute approximate surface area is 170 Å². The maximum Gasteiger partial charge on any atom is 4.00 e. The van der Waals surface area contributed by atoms with Crippen molar-refractivity contribution >= 4 is 8.24 Å². The van der Waals surface area contributed by atoms with E-state index in [0.29, 0.717) is 0 Å². The Morgan fingerprint density at radius 3 is 1.92 bits per heavy atom. The predicted octanol–water partition coefficient (Wildman–Crippen LogP) is 6.22. The largest absolute Gasteiger partial charge is 4.00 e. The molecule has 0 N–H and O–H groups in total. The van der Waals surface area contributed by atoms with Crippen molar-refractivity contribution in [2.75, 3.05) is 14.1 Å². The van der Waals surface area contributed by atoms with Crippen LogP contribution in [-0.4, -0.2) is 38.8 Å². The number of hydrogen-bond acceptors (Lipinski definition) is 1. The second-order valence-corrected chi connectivity index (χ2v) is 13.1. The molecule has 4 atom stereocenters. The van der Waals surface area contributed by atoms with Crippen LogP contribution in [0.15, 0.2) is 0 Å². The van der Waals surface area contributed by atoms with Crippen LogP contribution in [0.2, 0.25) is 18.6 Å². The van der Waals surface area contributed by atoms with Crippen molar-refractivity contribution in [1.82, 2.24) is 4.90 Å². The van der Waals surface area contributed by atoms with Gasteiger partial charge in [-0.2, -0.15) is 0 Å². The van der Waals surface area contributed by atoms with Gasteiger partial charge in [0.1, 0.15) is 0 Å². The molecular formula is C20H44N2SiTi. The third-order valence-corrected chi connectivity index (χ3v) is 9.18. The van der Waals surface area contributed by atoms with E-state index in [1.165, 1.54) is 32.1 Å². The fraction of sp³-hybridized carbons (Fsp3) is 0.850. The SMILES string of the molecule is CN(C)C1CC2CCCCC2C1[Si](C)(C)[N-]C(C)(C)C.[CH3-].[CH3-].[CH3-].[Ti+4]. The van der Waals surface area contributed by atoms with Crippen molar-refractivity contribution in [3.05, 3.63) is 27.3 Å². The molecule has 2 saturated carbocycles. The molecule has 2 nitrogen and oxygen atoms in total. The van der Waals surface area contributed by atoms with Gasteiger partial charge >= 0.3 is 21.7 Å². The fourth-order valence-electron chi connectivity index (χ4n) is 5.21. The van der Waals surface area contributed by atoms with Gasteiger partial charge in [-0.25, -0.2) is 0 Å². The summed E-state index contributed by atoms with van der Waals surface area (Å²) in [6.45, 7) is 11.9. The summed E-state index contributed by atoms with van der Waals surface area (Å²) in [6.07, 6.45) is 7.30. The maximum absolute atomic E-state index is 5.36. The monoisotopic (exact) mass is 388 g/mol. The summed E-state index contributed by atoms with van der Waals surface area (Å²) in [5.41, 5.74) is 0.987. The number of fused-ring (bicyclic) bond motifs is 1. The Balaban J connectivity index is -0.00000110. The van der Waals surface area contributed by atoms with E-state index in [4.69, 9.17) is 4.98 Å². The first-order valence-electron chi connectivity index (χ1n) is 8.52. The topological polar surface area (TPSA) is 17.3 Å². The van der Waals surface area contributed by atoms with Crippen LogP contribution in [0.4, 0.5) is 0 Å². The quantitative estimate of drug-likeness (QED) is 0.414. The van der Waals surface area contributed by atoms with Gasteiger partial charge in [0.2, 0.25) is 0 Å². The van der Waals surface area contributed by atoms with Crippen LogP contribution in [0, 0.1) is 34.1 Å². The molecule has 0 aromatic heterocycles. The molecule has 0 aromatic rings. The molecule has 2 fully saturated rings. The van der Waals surface area contributed by atoms with Gasteiger partial charge in [-0.05, 0) is 37.9 Å². The van der Waals surface area contributed by atoms with Gasteiger partial charge in [-0.15, -0.1) is 5.54 Å². The van der Waals surface area contributed by atoms with Gasteiger partial charge in [-0.1, -0.05) is 67.8 Å². The van der Waals surface area contributed by atoms with E-state index in [9.17, 15) is 0 Å². The Hall–Kier alpha value is 0.851. The van der Waals surface area contributed by atoms with Gasteiger partial charge in [0.25, 0.3) is 0 Å². The zero-order valence-electron chi connectivity index (χ0n) is 18.2. The standard InChI is InChI=1S/C17H35N2Si.3CH3.Ti/c1-17(2,3)18-20(6,7)16-14-11-9-8-10-13(14)12-15(16)19(4)5;;;;/h13-16H,8-12H2,1-7H3;3*1H3;/q4*-1;+4. The minimum Gasteiger partial charge on any atom is -0.660 e. The van der Waals surface area contributed by atoms with Crippen LogP contribution in [0.5, 0.6) is 0 Å². The van der Waals surface area contributed by atoms with Gasteiger partial charge in [-0.3, -0.25) is 0 Å². The minimum atomic E-state index is -1.56. The summed E-state index contributed by atoms with van der Waals surface area (Å²) >= 11 is 0. The zero-order chi connectivity index (χ0) is 15.1. The molecule has 4 unspecified atom stereocenters. The molecule has 0 radical (unpaired) electrons. The average Bonchev–Trinajstić information content (AvgIpc) is 2.65. The molecule has 0 aromatic carbocycles. The average molecular weight is 389 g/mol. The molecule has 0 aliphatic heterocycles. The van der Waals surface area contributed by atoms with Gasteiger partial charge in [0.05, 0.1) is 0 Å². The van der Waals surface area contributed by atoms with Crippen molar-refractivity contribution in [3.63, 3.8) is 0 Å². The normalized spacial score (nSPS) is 29.5. The molecule has 2 aliphatic rings. The van der Waals surface area contributed by atoms with Crippen LogP contribution in [-0.2, 0) is 21.7 Å². The molecule has 24 heavy (non-hydrogen) atoms. The van der Waals surface area contributed by atoms with E-state index in [1.54, 1.807) is 0 Å². The van der Waals surface area contributed by atoms with Crippen LogP contribution in [0.25, 0.3) is 4.98 Å². The molecule has 0 bridgehead atoms. The summed E-state index contributed by atoms with van der Waals surface area (Å²) in [6, 6.07) is 0.774. The second-order valence-electron chi connectivity index (χ2n) is 8.94. The smallest absolute Gasteiger partial charge is 0.660 e. The van der Waals surface area contributed by atoms with Crippen molar-refractivity contribution in [1.29, 1.82) is 0 Å². The summed E-state index contributed by atoms with van der Waals surface area (Å²) in [5.74, 6) is 1.95. The van der Waals surface area contributed by atoms with E-state index >= 15 is 0 Å². The molecule has 0 amide bonds. The van der Waals surface area contributed by atoms with E-state index in [1.807, 2.05) is 0 Å². The van der Waals surface area contributed by atoms with Crippen LogP contribution in [0.3, 0.4) is 0 Å². The van der Waals surface area contributed by atoms with Gasteiger partial charge < -0.3 is 32.2 Å². The van der Waals surface area contributed by atoms with E-state index in [-0.39, 0.29) is 49.5 Å². The first kappa shape index (κ1) is 29.6. The van der Waals surface area contributed by atoms with E-state index in [2.05, 4.69) is 52.9 Å². The predicted molar refractivity (Wildman–Crippen MR) is 111 cm³/mol. The first-order valence-corrected chi connectivity index (χ1v) is 11.5. The molecule has 0 heterocycles. The Morgan fingerprint density at radius 1 is 0.958 bits per heavy atom. The third kappa shape index (κ3) is 6.87. The first-order chi connectivity index (χ1) is 9.12. The third-order valence-electron chi connectivity index (χ3n) is 5.49. The Morgan fingerprint density at radius 2 is 1.46 bits per heavy atom. The van der Waals surface area contributed by atoms with Crippen LogP contribution < -0.4 is 0 Å². The number of nitrogens with zero attached hydrogens (tertiary/aromatic N) is 2. The summed E-state index contributed by atoms with van der Waals surface area (Å²) in [4.78, 5) is 7.87. The molecule has 2 rings (SSSR count). The molecule has 142 valence electrons. The van der Waals surface area contributed by atoms with Crippen molar-refractivity contribution in [3.8, 4) is 0 Å². The number of rotatable bonds is 3. The van der Waals surface area contributed by atoms with Gasteiger partial charge in [0, 0.05) is 6.04 Å². The van der Waals surface area contributed by atoms with Gasteiger partial charge in [0.15, 0.2) is 0 Å². The summed E-state index contributed by atoms with van der Waals surface area (Å²) in [7, 11) is 3.02. The summed E-state index contributed by atoms with van der Waals surface area (Å²) in [5, 5.41) is 0. The zero-order valence-corrected chi connectivity index (χ0v) is 20.8. The van der Waals surface area contributed by atoms with E-state index in [0.717, 1.165) is 23.4 Å². The number of hydrogen-bond donors (Lipinski definition) is 0. The molecular weight excluding hydrogens is 344 g/mol.